The maximum absolute atomic E-state index is 12.4. The van der Waals surface area contributed by atoms with E-state index in [4.69, 9.17) is 9.47 Å². The number of amides is 2. The topological polar surface area (TPSA) is 79.5 Å². The summed E-state index contributed by atoms with van der Waals surface area (Å²) in [6.45, 7) is 3.19. The summed E-state index contributed by atoms with van der Waals surface area (Å²) in [5, 5.41) is 9.64. The molecule has 3 rings (SSSR count). The molecule has 2 unspecified atom stereocenters. The molecule has 2 atom stereocenters. The standard InChI is InChI=1S/C14H22N4O3/c19-14(15-4-3-11-8-16-17-9-11)18-5-7-20-10-12(18)13-2-1-6-21-13/h8-9,12-13H,1-7,10H2,(H,15,19)(H,16,17). The van der Waals surface area contributed by atoms with E-state index < -0.39 is 0 Å². The van der Waals surface area contributed by atoms with E-state index in [1.54, 1.807) is 6.20 Å². The van der Waals surface area contributed by atoms with Gasteiger partial charge in [0.2, 0.25) is 0 Å². The molecule has 2 aliphatic rings. The van der Waals surface area contributed by atoms with Crippen molar-refractivity contribution in [3.63, 3.8) is 0 Å². The van der Waals surface area contributed by atoms with Gasteiger partial charge in [-0.2, -0.15) is 5.10 Å². The molecule has 0 aromatic carbocycles. The van der Waals surface area contributed by atoms with Crippen molar-refractivity contribution in [2.75, 3.05) is 32.9 Å². The number of nitrogens with one attached hydrogen (secondary N) is 2. The molecule has 2 amide bonds. The molecule has 116 valence electrons. The molecule has 0 aliphatic carbocycles. The number of hydrogen-bond donors (Lipinski definition) is 2. The molecule has 2 saturated heterocycles. The van der Waals surface area contributed by atoms with E-state index in [0.717, 1.165) is 31.4 Å². The van der Waals surface area contributed by atoms with Crippen LogP contribution in [0.15, 0.2) is 12.4 Å². The molecule has 7 heteroatoms. The molecule has 2 N–H and O–H groups in total. The highest BCUT2D eigenvalue weighted by atomic mass is 16.5. The molecule has 0 saturated carbocycles. The number of nitrogens with zero attached hydrogens (tertiary/aromatic N) is 2. The number of aromatic amines is 1. The van der Waals surface area contributed by atoms with Crippen LogP contribution >= 0.6 is 0 Å². The van der Waals surface area contributed by atoms with Crippen LogP contribution in [-0.4, -0.2) is 66.2 Å². The van der Waals surface area contributed by atoms with Crippen molar-refractivity contribution in [3.8, 4) is 0 Å². The number of aromatic nitrogens is 2. The molecule has 1 aromatic heterocycles. The minimum Gasteiger partial charge on any atom is -0.377 e. The van der Waals surface area contributed by atoms with Crippen LogP contribution in [0, 0.1) is 0 Å². The number of urea groups is 1. The number of carbonyl (C=O) groups excluding carboxylic acids is 1. The minimum absolute atomic E-state index is 0.0257. The minimum atomic E-state index is -0.0257. The molecular formula is C14H22N4O3. The maximum Gasteiger partial charge on any atom is 0.317 e. The van der Waals surface area contributed by atoms with Crippen molar-refractivity contribution in [2.24, 2.45) is 0 Å². The van der Waals surface area contributed by atoms with Gasteiger partial charge in [0.25, 0.3) is 0 Å². The Hall–Kier alpha value is -1.60. The Bertz CT molecular complexity index is 445. The zero-order chi connectivity index (χ0) is 14.5. The van der Waals surface area contributed by atoms with Gasteiger partial charge in [-0.25, -0.2) is 4.79 Å². The third-order valence-corrected chi connectivity index (χ3v) is 4.07. The van der Waals surface area contributed by atoms with Gasteiger partial charge in [-0.1, -0.05) is 0 Å². The molecule has 0 bridgehead atoms. The Morgan fingerprint density at radius 1 is 1.52 bits per heavy atom. The van der Waals surface area contributed by atoms with Crippen LogP contribution in [0.5, 0.6) is 0 Å². The van der Waals surface area contributed by atoms with Gasteiger partial charge in [0.1, 0.15) is 0 Å². The Morgan fingerprint density at radius 2 is 2.48 bits per heavy atom. The predicted molar refractivity (Wildman–Crippen MR) is 76.0 cm³/mol. The largest absolute Gasteiger partial charge is 0.377 e. The van der Waals surface area contributed by atoms with Crippen LogP contribution in [0.4, 0.5) is 4.79 Å². The van der Waals surface area contributed by atoms with E-state index in [1.165, 1.54) is 0 Å². The first-order chi connectivity index (χ1) is 10.3. The normalized spacial score (nSPS) is 26.0. The number of morpholine rings is 1. The Labute approximate surface area is 124 Å². The van der Waals surface area contributed by atoms with Crippen molar-refractivity contribution in [1.82, 2.24) is 20.4 Å². The molecular weight excluding hydrogens is 272 g/mol. The number of hydrogen-bond acceptors (Lipinski definition) is 4. The zero-order valence-corrected chi connectivity index (χ0v) is 12.1. The zero-order valence-electron chi connectivity index (χ0n) is 12.1. The lowest BCUT2D eigenvalue weighted by Crippen LogP contribution is -2.57. The molecule has 0 radical (unpaired) electrons. The molecule has 0 spiro atoms. The number of carbonyl (C=O) groups is 1. The average molecular weight is 294 g/mol. The van der Waals surface area contributed by atoms with Crippen LogP contribution in [0.1, 0.15) is 18.4 Å². The van der Waals surface area contributed by atoms with E-state index in [-0.39, 0.29) is 18.2 Å². The Morgan fingerprint density at radius 3 is 3.24 bits per heavy atom. The van der Waals surface area contributed by atoms with E-state index in [9.17, 15) is 4.79 Å². The lowest BCUT2D eigenvalue weighted by atomic mass is 10.1. The van der Waals surface area contributed by atoms with Crippen LogP contribution in [0.25, 0.3) is 0 Å². The highest BCUT2D eigenvalue weighted by molar-refractivity contribution is 5.74. The van der Waals surface area contributed by atoms with E-state index in [0.29, 0.717) is 26.3 Å². The first kappa shape index (κ1) is 14.3. The SMILES string of the molecule is O=C(NCCc1cn[nH]c1)N1CCOCC1C1CCCO1. The summed E-state index contributed by atoms with van der Waals surface area (Å²) in [4.78, 5) is 14.2. The smallest absolute Gasteiger partial charge is 0.317 e. The van der Waals surface area contributed by atoms with Gasteiger partial charge >= 0.3 is 6.03 Å². The monoisotopic (exact) mass is 294 g/mol. The van der Waals surface area contributed by atoms with Crippen molar-refractivity contribution in [3.05, 3.63) is 18.0 Å². The highest BCUT2D eigenvalue weighted by Crippen LogP contribution is 2.22. The van der Waals surface area contributed by atoms with Gasteiger partial charge < -0.3 is 19.7 Å². The molecule has 2 fully saturated rings. The molecule has 7 nitrogen and oxygen atoms in total. The summed E-state index contributed by atoms with van der Waals surface area (Å²) in [6.07, 6.45) is 6.58. The fourth-order valence-electron chi connectivity index (χ4n) is 2.92. The third-order valence-electron chi connectivity index (χ3n) is 4.07. The molecule has 21 heavy (non-hydrogen) atoms. The second-order valence-corrected chi connectivity index (χ2v) is 5.48. The quantitative estimate of drug-likeness (QED) is 0.849. The van der Waals surface area contributed by atoms with Gasteiger partial charge in [-0.15, -0.1) is 0 Å². The van der Waals surface area contributed by atoms with E-state index in [1.807, 2.05) is 11.1 Å². The third kappa shape index (κ3) is 3.54. The van der Waals surface area contributed by atoms with Gasteiger partial charge in [0.05, 0.1) is 31.6 Å². The lowest BCUT2D eigenvalue weighted by Gasteiger charge is -2.38. The van der Waals surface area contributed by atoms with Crippen LogP contribution in [0.2, 0.25) is 0 Å². The summed E-state index contributed by atoms with van der Waals surface area (Å²) >= 11 is 0. The van der Waals surface area contributed by atoms with Crippen LogP contribution in [0.3, 0.4) is 0 Å². The van der Waals surface area contributed by atoms with Gasteiger partial charge in [0, 0.05) is 25.9 Å². The highest BCUT2D eigenvalue weighted by Gasteiger charge is 2.35. The van der Waals surface area contributed by atoms with Gasteiger partial charge in [-0.05, 0) is 24.8 Å². The van der Waals surface area contributed by atoms with Gasteiger partial charge in [-0.3, -0.25) is 5.10 Å². The van der Waals surface area contributed by atoms with E-state index in [2.05, 4.69) is 15.5 Å². The van der Waals surface area contributed by atoms with Crippen molar-refractivity contribution < 1.29 is 14.3 Å². The second-order valence-electron chi connectivity index (χ2n) is 5.48. The summed E-state index contributed by atoms with van der Waals surface area (Å²) in [5.41, 5.74) is 1.09. The molecule has 1 aromatic rings. The molecule has 3 heterocycles. The van der Waals surface area contributed by atoms with Crippen LogP contribution in [-0.2, 0) is 15.9 Å². The number of H-pyrrole nitrogens is 1. The maximum atomic E-state index is 12.4. The Balaban J connectivity index is 1.51. The predicted octanol–water partition coefficient (Wildman–Crippen LogP) is 0.542. The number of rotatable bonds is 4. The summed E-state index contributed by atoms with van der Waals surface area (Å²) < 4.78 is 11.2. The molecule has 2 aliphatic heterocycles. The van der Waals surface area contributed by atoms with Crippen LogP contribution < -0.4 is 5.32 Å². The lowest BCUT2D eigenvalue weighted by molar-refractivity contribution is -0.0472. The van der Waals surface area contributed by atoms with Crippen molar-refractivity contribution in [1.29, 1.82) is 0 Å². The summed E-state index contributed by atoms with van der Waals surface area (Å²) in [5.74, 6) is 0. The van der Waals surface area contributed by atoms with Crippen molar-refractivity contribution in [2.45, 2.75) is 31.4 Å². The van der Waals surface area contributed by atoms with Gasteiger partial charge in [0.15, 0.2) is 0 Å². The first-order valence-corrected chi connectivity index (χ1v) is 7.56. The van der Waals surface area contributed by atoms with E-state index >= 15 is 0 Å². The fourth-order valence-corrected chi connectivity index (χ4v) is 2.92. The summed E-state index contributed by atoms with van der Waals surface area (Å²) in [6, 6.07) is 0.0115. The Kier molecular flexibility index (Phi) is 4.72. The number of ether oxygens (including phenoxy) is 2. The van der Waals surface area contributed by atoms with Crippen molar-refractivity contribution >= 4 is 6.03 Å². The second kappa shape index (κ2) is 6.91. The summed E-state index contributed by atoms with van der Waals surface area (Å²) in [7, 11) is 0. The fraction of sp³-hybridized carbons (Fsp3) is 0.714. The first-order valence-electron chi connectivity index (χ1n) is 7.56. The average Bonchev–Trinajstić information content (AvgIpc) is 3.20.